The predicted molar refractivity (Wildman–Crippen MR) is 133 cm³/mol. The van der Waals surface area contributed by atoms with Gasteiger partial charge in [-0.15, -0.1) is 0 Å². The first-order valence-electron chi connectivity index (χ1n) is 10.2. The largest absolute Gasteiger partial charge is 0.481 e. The van der Waals surface area contributed by atoms with E-state index in [4.69, 9.17) is 27.9 Å². The monoisotopic (exact) mass is 506 g/mol. The summed E-state index contributed by atoms with van der Waals surface area (Å²) in [4.78, 5) is 12.6. The van der Waals surface area contributed by atoms with Gasteiger partial charge >= 0.3 is 0 Å². The first-order chi connectivity index (χ1) is 15.5. The number of para-hydroxylation sites is 1. The fourth-order valence-electron chi connectivity index (χ4n) is 3.10. The lowest BCUT2D eigenvalue weighted by atomic mass is 10.0. The third kappa shape index (κ3) is 6.63. The molecule has 1 amide bonds. The zero-order valence-corrected chi connectivity index (χ0v) is 20.6. The van der Waals surface area contributed by atoms with Gasteiger partial charge in [0.1, 0.15) is 5.75 Å². The van der Waals surface area contributed by atoms with Crippen molar-refractivity contribution in [1.82, 2.24) is 0 Å². The van der Waals surface area contributed by atoms with Crippen LogP contribution in [-0.2, 0) is 14.8 Å². The molecule has 0 saturated carbocycles. The number of ether oxygens (including phenoxy) is 1. The Morgan fingerprint density at radius 3 is 2.09 bits per heavy atom. The fraction of sp³-hybridized carbons (Fsp3) is 0.208. The van der Waals surface area contributed by atoms with Crippen molar-refractivity contribution in [2.24, 2.45) is 0 Å². The number of carbonyl (C=O) groups excluding carboxylic acids is 1. The zero-order valence-electron chi connectivity index (χ0n) is 18.3. The third-order valence-corrected chi connectivity index (χ3v) is 6.59. The van der Waals surface area contributed by atoms with Gasteiger partial charge in [0.05, 0.1) is 10.6 Å². The first-order valence-corrected chi connectivity index (χ1v) is 12.4. The van der Waals surface area contributed by atoms with Crippen molar-refractivity contribution in [3.63, 3.8) is 0 Å². The highest BCUT2D eigenvalue weighted by molar-refractivity contribution is 7.92. The third-order valence-electron chi connectivity index (χ3n) is 4.76. The van der Waals surface area contributed by atoms with Gasteiger partial charge in [-0.2, -0.15) is 0 Å². The van der Waals surface area contributed by atoms with E-state index in [1.54, 1.807) is 6.92 Å². The number of halogens is 2. The van der Waals surface area contributed by atoms with Crippen LogP contribution >= 0.6 is 23.2 Å². The molecule has 0 radical (unpaired) electrons. The van der Waals surface area contributed by atoms with Crippen molar-refractivity contribution >= 4 is 50.5 Å². The van der Waals surface area contributed by atoms with Crippen molar-refractivity contribution in [3.05, 3.63) is 82.3 Å². The number of sulfonamides is 1. The average Bonchev–Trinajstić information content (AvgIpc) is 2.73. The molecule has 0 bridgehead atoms. The highest BCUT2D eigenvalue weighted by Gasteiger charge is 2.19. The van der Waals surface area contributed by atoms with E-state index in [0.29, 0.717) is 21.5 Å². The highest BCUT2D eigenvalue weighted by atomic mass is 35.5. The fourth-order valence-corrected chi connectivity index (χ4v) is 4.66. The lowest BCUT2D eigenvalue weighted by Gasteiger charge is -2.18. The number of nitrogens with one attached hydrogen (secondary N) is 2. The predicted octanol–water partition coefficient (Wildman–Crippen LogP) is 6.32. The van der Waals surface area contributed by atoms with Crippen LogP contribution < -0.4 is 14.8 Å². The molecule has 0 aromatic heterocycles. The molecule has 0 aliphatic rings. The molecule has 0 spiro atoms. The highest BCUT2D eigenvalue weighted by Crippen LogP contribution is 2.27. The second-order valence-electron chi connectivity index (χ2n) is 7.73. The first kappa shape index (κ1) is 24.9. The summed E-state index contributed by atoms with van der Waals surface area (Å²) in [6.45, 7) is 5.77. The number of benzene rings is 3. The Balaban J connectivity index is 1.67. The summed E-state index contributed by atoms with van der Waals surface area (Å²) in [5.41, 5.74) is 1.70. The standard InChI is InChI=1S/C24H24Cl2N2O4S/c1-15(2)22-6-4-5-7-23(22)32-16(3)24(29)27-19-8-10-21(11-9-19)33(30,31)28-20-13-17(25)12-18(26)14-20/h4-16,28H,1-3H3,(H,27,29)/t16-/m0/s1. The summed E-state index contributed by atoms with van der Waals surface area (Å²) in [5.74, 6) is 0.558. The minimum Gasteiger partial charge on any atom is -0.481 e. The van der Waals surface area contributed by atoms with Gasteiger partial charge in [0, 0.05) is 15.7 Å². The van der Waals surface area contributed by atoms with Gasteiger partial charge in [0.25, 0.3) is 15.9 Å². The maximum Gasteiger partial charge on any atom is 0.265 e. The summed E-state index contributed by atoms with van der Waals surface area (Å²) in [6.07, 6.45) is -0.748. The van der Waals surface area contributed by atoms with Gasteiger partial charge in [-0.3, -0.25) is 9.52 Å². The van der Waals surface area contributed by atoms with E-state index in [9.17, 15) is 13.2 Å². The minimum absolute atomic E-state index is 0.0201. The molecular weight excluding hydrogens is 483 g/mol. The number of rotatable bonds is 8. The molecule has 9 heteroatoms. The van der Waals surface area contributed by atoms with Gasteiger partial charge in [-0.1, -0.05) is 55.2 Å². The molecule has 0 unspecified atom stereocenters. The van der Waals surface area contributed by atoms with Gasteiger partial charge in [0.2, 0.25) is 0 Å². The molecule has 3 aromatic carbocycles. The molecule has 0 aliphatic heterocycles. The molecular formula is C24H24Cl2N2O4S. The van der Waals surface area contributed by atoms with Crippen molar-refractivity contribution in [3.8, 4) is 5.75 Å². The van der Waals surface area contributed by atoms with Crippen LogP contribution in [-0.4, -0.2) is 20.4 Å². The van der Waals surface area contributed by atoms with E-state index in [1.807, 2.05) is 24.3 Å². The maximum atomic E-state index is 12.7. The summed E-state index contributed by atoms with van der Waals surface area (Å²) in [5, 5.41) is 3.36. The van der Waals surface area contributed by atoms with Crippen LogP contribution in [0.1, 0.15) is 32.3 Å². The second kappa shape index (κ2) is 10.5. The van der Waals surface area contributed by atoms with Crippen LogP contribution in [0.4, 0.5) is 11.4 Å². The lowest BCUT2D eigenvalue weighted by Crippen LogP contribution is -2.30. The lowest BCUT2D eigenvalue weighted by molar-refractivity contribution is -0.122. The Morgan fingerprint density at radius 1 is 0.879 bits per heavy atom. The minimum atomic E-state index is -3.87. The SMILES string of the molecule is CC(C)c1ccccc1O[C@@H](C)C(=O)Nc1ccc(S(=O)(=O)Nc2cc(Cl)cc(Cl)c2)cc1. The molecule has 0 aliphatic carbocycles. The average molecular weight is 507 g/mol. The number of carbonyl (C=O) groups is 1. The number of amides is 1. The van der Waals surface area contributed by atoms with E-state index >= 15 is 0 Å². The molecule has 1 atom stereocenters. The van der Waals surface area contributed by atoms with Gasteiger partial charge in [-0.25, -0.2) is 8.42 Å². The molecule has 6 nitrogen and oxygen atoms in total. The second-order valence-corrected chi connectivity index (χ2v) is 10.3. The molecule has 174 valence electrons. The van der Waals surface area contributed by atoms with Crippen LogP contribution in [0.25, 0.3) is 0 Å². The Hall–Kier alpha value is -2.74. The Labute approximate surface area is 203 Å². The van der Waals surface area contributed by atoms with Crippen molar-refractivity contribution < 1.29 is 17.9 Å². The summed E-state index contributed by atoms with van der Waals surface area (Å²) in [7, 11) is -3.87. The molecule has 0 fully saturated rings. The smallest absolute Gasteiger partial charge is 0.265 e. The number of anilines is 2. The topological polar surface area (TPSA) is 84.5 Å². The summed E-state index contributed by atoms with van der Waals surface area (Å²) in [6, 6.07) is 17.8. The maximum absolute atomic E-state index is 12.7. The Bertz CT molecular complexity index is 1230. The van der Waals surface area contributed by atoms with Crippen LogP contribution in [0.2, 0.25) is 10.0 Å². The van der Waals surface area contributed by atoms with Crippen molar-refractivity contribution in [2.75, 3.05) is 10.0 Å². The molecule has 0 saturated heterocycles. The summed E-state index contributed by atoms with van der Waals surface area (Å²) >= 11 is 11.9. The van der Waals surface area contributed by atoms with Crippen molar-refractivity contribution in [2.45, 2.75) is 37.7 Å². The van der Waals surface area contributed by atoms with Crippen molar-refractivity contribution in [1.29, 1.82) is 0 Å². The van der Waals surface area contributed by atoms with E-state index in [2.05, 4.69) is 23.9 Å². The van der Waals surface area contributed by atoms with E-state index < -0.39 is 16.1 Å². The Morgan fingerprint density at radius 2 is 1.48 bits per heavy atom. The van der Waals surface area contributed by atoms with E-state index in [1.165, 1.54) is 42.5 Å². The molecule has 2 N–H and O–H groups in total. The van der Waals surface area contributed by atoms with Crippen LogP contribution in [0.15, 0.2) is 71.6 Å². The molecule has 33 heavy (non-hydrogen) atoms. The summed E-state index contributed by atoms with van der Waals surface area (Å²) < 4.78 is 33.6. The normalized spacial score (nSPS) is 12.3. The Kier molecular flexibility index (Phi) is 7.89. The number of hydrogen-bond donors (Lipinski definition) is 2. The van der Waals surface area contributed by atoms with Gasteiger partial charge < -0.3 is 10.1 Å². The molecule has 3 aromatic rings. The van der Waals surface area contributed by atoms with Gasteiger partial charge in [-0.05, 0) is 66.9 Å². The van der Waals surface area contributed by atoms with Gasteiger partial charge in [0.15, 0.2) is 6.10 Å². The van der Waals surface area contributed by atoms with Crippen LogP contribution in [0.3, 0.4) is 0 Å². The number of hydrogen-bond acceptors (Lipinski definition) is 4. The molecule has 0 heterocycles. The van der Waals surface area contributed by atoms with Crippen LogP contribution in [0, 0.1) is 0 Å². The zero-order chi connectivity index (χ0) is 24.2. The van der Waals surface area contributed by atoms with E-state index in [-0.39, 0.29) is 22.4 Å². The molecule has 3 rings (SSSR count). The van der Waals surface area contributed by atoms with Crippen LogP contribution in [0.5, 0.6) is 5.75 Å². The quantitative estimate of drug-likeness (QED) is 0.374. The van der Waals surface area contributed by atoms with E-state index in [0.717, 1.165) is 5.56 Å².